The lowest BCUT2D eigenvalue weighted by atomic mass is 9.93. The molecule has 0 aromatic carbocycles. The standard InChI is InChI=1S/C12H16Br2N2O/c13-8-4-11(14)12(16-6-8)7-15-9-2-1-3-10(17)5-9/h4,6,9-10,15,17H,1-3,5,7H2. The largest absolute Gasteiger partial charge is 0.393 e. The van der Waals surface area contributed by atoms with Crippen molar-refractivity contribution in [3.05, 3.63) is 26.9 Å². The molecule has 2 N–H and O–H groups in total. The molecule has 0 saturated heterocycles. The van der Waals surface area contributed by atoms with Crippen molar-refractivity contribution in [2.24, 2.45) is 0 Å². The van der Waals surface area contributed by atoms with Crippen LogP contribution in [0.2, 0.25) is 0 Å². The van der Waals surface area contributed by atoms with Crippen molar-refractivity contribution in [1.29, 1.82) is 0 Å². The number of halogens is 2. The van der Waals surface area contributed by atoms with Crippen LogP contribution in [0, 0.1) is 0 Å². The molecule has 2 unspecified atom stereocenters. The minimum absolute atomic E-state index is 0.137. The molecular weight excluding hydrogens is 348 g/mol. The van der Waals surface area contributed by atoms with Crippen LogP contribution >= 0.6 is 31.9 Å². The predicted molar refractivity (Wildman–Crippen MR) is 74.7 cm³/mol. The van der Waals surface area contributed by atoms with E-state index in [1.165, 1.54) is 0 Å². The van der Waals surface area contributed by atoms with Crippen LogP contribution < -0.4 is 5.32 Å². The Bertz CT molecular complexity index is 387. The fraction of sp³-hybridized carbons (Fsp3) is 0.583. The third-order valence-electron chi connectivity index (χ3n) is 3.09. The van der Waals surface area contributed by atoms with Gasteiger partial charge in [-0.1, -0.05) is 0 Å². The second-order valence-electron chi connectivity index (χ2n) is 4.48. The van der Waals surface area contributed by atoms with Gasteiger partial charge < -0.3 is 10.4 Å². The first-order valence-electron chi connectivity index (χ1n) is 5.86. The minimum atomic E-state index is -0.137. The summed E-state index contributed by atoms with van der Waals surface area (Å²) in [4.78, 5) is 4.36. The zero-order chi connectivity index (χ0) is 12.3. The van der Waals surface area contributed by atoms with E-state index in [0.717, 1.165) is 46.9 Å². The molecule has 17 heavy (non-hydrogen) atoms. The highest BCUT2D eigenvalue weighted by molar-refractivity contribution is 9.11. The molecule has 1 aromatic heterocycles. The van der Waals surface area contributed by atoms with Gasteiger partial charge in [0.15, 0.2) is 0 Å². The molecular formula is C12H16Br2N2O. The van der Waals surface area contributed by atoms with Crippen LogP contribution in [0.1, 0.15) is 31.4 Å². The molecule has 0 radical (unpaired) electrons. The van der Waals surface area contributed by atoms with E-state index in [-0.39, 0.29) is 6.10 Å². The maximum Gasteiger partial charge on any atom is 0.0684 e. The number of aromatic nitrogens is 1. The van der Waals surface area contributed by atoms with Crippen molar-refractivity contribution in [1.82, 2.24) is 10.3 Å². The fourth-order valence-corrected chi connectivity index (χ4v) is 3.29. The molecule has 94 valence electrons. The van der Waals surface area contributed by atoms with E-state index in [1.54, 1.807) is 6.20 Å². The van der Waals surface area contributed by atoms with Gasteiger partial charge in [0.1, 0.15) is 0 Å². The summed E-state index contributed by atoms with van der Waals surface area (Å²) in [5.41, 5.74) is 1.01. The molecule has 5 heteroatoms. The summed E-state index contributed by atoms with van der Waals surface area (Å²) in [6.45, 7) is 0.741. The van der Waals surface area contributed by atoms with Gasteiger partial charge in [0.05, 0.1) is 11.8 Å². The van der Waals surface area contributed by atoms with Gasteiger partial charge >= 0.3 is 0 Å². The van der Waals surface area contributed by atoms with Crippen molar-refractivity contribution < 1.29 is 5.11 Å². The number of rotatable bonds is 3. The Kier molecular flexibility index (Phi) is 4.97. The first kappa shape index (κ1) is 13.5. The summed E-state index contributed by atoms with van der Waals surface area (Å²) in [7, 11) is 0. The predicted octanol–water partition coefficient (Wildman–Crippen LogP) is 3.00. The van der Waals surface area contributed by atoms with E-state index in [2.05, 4.69) is 42.2 Å². The molecule has 1 aromatic rings. The minimum Gasteiger partial charge on any atom is -0.393 e. The summed E-state index contributed by atoms with van der Waals surface area (Å²) in [5.74, 6) is 0. The average molecular weight is 364 g/mol. The number of pyridine rings is 1. The molecule has 0 bridgehead atoms. The third-order valence-corrected chi connectivity index (χ3v) is 4.21. The Morgan fingerprint density at radius 1 is 1.41 bits per heavy atom. The van der Waals surface area contributed by atoms with Gasteiger partial charge in [-0.25, -0.2) is 0 Å². The first-order valence-corrected chi connectivity index (χ1v) is 7.45. The van der Waals surface area contributed by atoms with Gasteiger partial charge in [-0.15, -0.1) is 0 Å². The van der Waals surface area contributed by atoms with Gasteiger partial charge in [-0.2, -0.15) is 0 Å². The molecule has 2 atom stereocenters. The Morgan fingerprint density at radius 3 is 2.94 bits per heavy atom. The number of nitrogens with zero attached hydrogens (tertiary/aromatic N) is 1. The normalized spacial score (nSPS) is 24.9. The molecule has 1 saturated carbocycles. The number of aliphatic hydroxyl groups is 1. The highest BCUT2D eigenvalue weighted by Gasteiger charge is 2.19. The van der Waals surface area contributed by atoms with Crippen molar-refractivity contribution in [2.75, 3.05) is 0 Å². The number of nitrogens with one attached hydrogen (secondary N) is 1. The summed E-state index contributed by atoms with van der Waals surface area (Å²) >= 11 is 6.89. The van der Waals surface area contributed by atoms with Crippen LogP contribution in [0.3, 0.4) is 0 Å². The quantitative estimate of drug-likeness (QED) is 0.867. The van der Waals surface area contributed by atoms with E-state index in [0.29, 0.717) is 6.04 Å². The molecule has 0 spiro atoms. The van der Waals surface area contributed by atoms with Crippen LogP contribution in [0.15, 0.2) is 21.2 Å². The van der Waals surface area contributed by atoms with Gasteiger partial charge in [0, 0.05) is 27.7 Å². The van der Waals surface area contributed by atoms with Gasteiger partial charge in [0.2, 0.25) is 0 Å². The second-order valence-corrected chi connectivity index (χ2v) is 6.25. The highest BCUT2D eigenvalue weighted by Crippen LogP contribution is 2.21. The summed E-state index contributed by atoms with van der Waals surface area (Å²) in [5, 5.41) is 13.1. The maximum absolute atomic E-state index is 9.60. The molecule has 3 nitrogen and oxygen atoms in total. The molecule has 1 aliphatic carbocycles. The Balaban J connectivity index is 1.88. The van der Waals surface area contributed by atoms with Crippen LogP contribution in [-0.4, -0.2) is 22.2 Å². The van der Waals surface area contributed by atoms with Crippen molar-refractivity contribution in [3.63, 3.8) is 0 Å². The average Bonchev–Trinajstić information content (AvgIpc) is 2.28. The topological polar surface area (TPSA) is 45.1 Å². The van der Waals surface area contributed by atoms with Gasteiger partial charge in [-0.3, -0.25) is 4.98 Å². The molecule has 0 aliphatic heterocycles. The molecule has 0 amide bonds. The van der Waals surface area contributed by atoms with Gasteiger partial charge in [-0.05, 0) is 63.6 Å². The lowest BCUT2D eigenvalue weighted by Crippen LogP contribution is -2.35. The van der Waals surface area contributed by atoms with E-state index in [4.69, 9.17) is 0 Å². The SMILES string of the molecule is OC1CCCC(NCc2ncc(Br)cc2Br)C1. The summed E-state index contributed by atoms with van der Waals surface area (Å²) < 4.78 is 1.98. The van der Waals surface area contributed by atoms with Crippen LogP contribution in [0.25, 0.3) is 0 Å². The van der Waals surface area contributed by atoms with E-state index < -0.39 is 0 Å². The smallest absolute Gasteiger partial charge is 0.0684 e. The lowest BCUT2D eigenvalue weighted by Gasteiger charge is -2.26. The van der Waals surface area contributed by atoms with Crippen LogP contribution in [0.5, 0.6) is 0 Å². The maximum atomic E-state index is 9.60. The highest BCUT2D eigenvalue weighted by atomic mass is 79.9. The third kappa shape index (κ3) is 4.02. The van der Waals surface area contributed by atoms with Crippen molar-refractivity contribution >= 4 is 31.9 Å². The lowest BCUT2D eigenvalue weighted by molar-refractivity contribution is 0.111. The molecule has 1 heterocycles. The molecule has 1 fully saturated rings. The molecule has 1 aliphatic rings. The second kappa shape index (κ2) is 6.27. The van der Waals surface area contributed by atoms with Crippen LogP contribution in [0.4, 0.5) is 0 Å². The number of hydrogen-bond donors (Lipinski definition) is 2. The summed E-state index contributed by atoms with van der Waals surface area (Å²) in [6.07, 6.45) is 5.71. The zero-order valence-corrected chi connectivity index (χ0v) is 12.7. The van der Waals surface area contributed by atoms with Crippen molar-refractivity contribution in [2.45, 2.75) is 44.4 Å². The molecule has 2 rings (SSSR count). The zero-order valence-electron chi connectivity index (χ0n) is 9.50. The Labute approximate surface area is 118 Å². The van der Waals surface area contributed by atoms with E-state index in [1.807, 2.05) is 6.07 Å². The van der Waals surface area contributed by atoms with Crippen LogP contribution in [-0.2, 0) is 6.54 Å². The van der Waals surface area contributed by atoms with E-state index in [9.17, 15) is 5.11 Å². The van der Waals surface area contributed by atoms with Gasteiger partial charge in [0.25, 0.3) is 0 Å². The Hall–Kier alpha value is 0.0300. The Morgan fingerprint density at radius 2 is 2.24 bits per heavy atom. The summed E-state index contributed by atoms with van der Waals surface area (Å²) in [6, 6.07) is 2.41. The van der Waals surface area contributed by atoms with E-state index >= 15 is 0 Å². The number of hydrogen-bond acceptors (Lipinski definition) is 3. The fourth-order valence-electron chi connectivity index (χ4n) is 2.16. The first-order chi connectivity index (χ1) is 8.15. The monoisotopic (exact) mass is 362 g/mol. The van der Waals surface area contributed by atoms with Crippen molar-refractivity contribution in [3.8, 4) is 0 Å². The number of aliphatic hydroxyl groups excluding tert-OH is 1.